The van der Waals surface area contributed by atoms with Crippen LogP contribution in [0.2, 0.25) is 0 Å². The second-order valence-electron chi connectivity index (χ2n) is 12.8. The predicted octanol–water partition coefficient (Wildman–Crippen LogP) is 13.3. The van der Waals surface area contributed by atoms with Crippen molar-refractivity contribution in [2.24, 2.45) is 0 Å². The summed E-state index contributed by atoms with van der Waals surface area (Å²) in [4.78, 5) is 17.8. The zero-order valence-electron chi connectivity index (χ0n) is 28.1. The smallest absolute Gasteiger partial charge is 0.165 e. The highest BCUT2D eigenvalue weighted by atomic mass is 32.2. The summed E-state index contributed by atoms with van der Waals surface area (Å²) in [6.45, 7) is 2.17. The Bertz CT molecular complexity index is 2960. The molecule has 6 heteroatoms. The first-order valence-electron chi connectivity index (χ1n) is 17.2. The number of para-hydroxylation sites is 1. The van der Waals surface area contributed by atoms with Crippen LogP contribution in [0.4, 0.5) is 0 Å². The van der Waals surface area contributed by atoms with Gasteiger partial charge in [0.05, 0.1) is 0 Å². The number of hydrogen-bond acceptors (Lipinski definition) is 6. The van der Waals surface area contributed by atoms with Gasteiger partial charge in [0.1, 0.15) is 11.2 Å². The lowest BCUT2D eigenvalue weighted by molar-refractivity contribution is 0.669. The van der Waals surface area contributed by atoms with Crippen LogP contribution in [0.5, 0.6) is 0 Å². The standard InChI is InChI=1S/C46H29N3OS2/c1-28-13-5-9-23-40(28)51-41-24-10-7-17-33(41)34-18-11-19-35-36-20-12-21-37(43(36)52-42(34)35)46-48-44(29-14-3-2-4-15-29)47-45(49-46)30-25-26-32-31-16-6-8-22-38(31)50-39(32)27-30/h2-27H,1H3. The molecule has 0 aliphatic rings. The highest BCUT2D eigenvalue weighted by Gasteiger charge is 2.20. The van der Waals surface area contributed by atoms with Crippen LogP contribution in [0.25, 0.3) is 87.4 Å². The van der Waals surface area contributed by atoms with E-state index in [9.17, 15) is 0 Å². The molecule has 3 aromatic heterocycles. The van der Waals surface area contributed by atoms with Gasteiger partial charge < -0.3 is 4.42 Å². The Morgan fingerprint density at radius 2 is 1.04 bits per heavy atom. The van der Waals surface area contributed by atoms with Crippen LogP contribution in [-0.4, -0.2) is 15.0 Å². The van der Waals surface area contributed by atoms with Gasteiger partial charge in [-0.2, -0.15) is 0 Å². The molecule has 0 saturated carbocycles. The number of furan rings is 1. The van der Waals surface area contributed by atoms with Gasteiger partial charge in [-0.3, -0.25) is 0 Å². The van der Waals surface area contributed by atoms with Crippen molar-refractivity contribution in [3.63, 3.8) is 0 Å². The van der Waals surface area contributed by atoms with Crippen molar-refractivity contribution in [3.8, 4) is 45.3 Å². The van der Waals surface area contributed by atoms with E-state index in [-0.39, 0.29) is 0 Å². The van der Waals surface area contributed by atoms with Gasteiger partial charge >= 0.3 is 0 Å². The Morgan fingerprint density at radius 1 is 0.442 bits per heavy atom. The Morgan fingerprint density at radius 3 is 1.87 bits per heavy atom. The third-order valence-corrected chi connectivity index (χ3v) is 12.1. The summed E-state index contributed by atoms with van der Waals surface area (Å²) in [6.07, 6.45) is 0. The maximum Gasteiger partial charge on any atom is 0.165 e. The van der Waals surface area contributed by atoms with Crippen LogP contribution >= 0.6 is 23.1 Å². The quantitative estimate of drug-likeness (QED) is 0.173. The molecule has 246 valence electrons. The number of aromatic nitrogens is 3. The maximum absolute atomic E-state index is 6.26. The average Bonchev–Trinajstić information content (AvgIpc) is 3.77. The Kier molecular flexibility index (Phi) is 7.44. The van der Waals surface area contributed by atoms with E-state index in [1.54, 1.807) is 11.3 Å². The lowest BCUT2D eigenvalue weighted by Gasteiger charge is -2.12. The largest absolute Gasteiger partial charge is 0.456 e. The van der Waals surface area contributed by atoms with Crippen LogP contribution in [0, 0.1) is 6.92 Å². The molecule has 0 atom stereocenters. The molecule has 0 aliphatic carbocycles. The number of fused-ring (bicyclic) bond motifs is 6. The number of benzene rings is 7. The summed E-state index contributed by atoms with van der Waals surface area (Å²) in [7, 11) is 0. The van der Waals surface area contributed by atoms with Gasteiger partial charge in [0.25, 0.3) is 0 Å². The molecule has 0 bridgehead atoms. The van der Waals surface area contributed by atoms with Gasteiger partial charge in [0, 0.05) is 63.0 Å². The van der Waals surface area contributed by atoms with E-state index in [2.05, 4.69) is 110 Å². The maximum atomic E-state index is 6.26. The molecule has 0 spiro atoms. The lowest BCUT2D eigenvalue weighted by Crippen LogP contribution is -2.00. The highest BCUT2D eigenvalue weighted by molar-refractivity contribution is 7.99. The first-order valence-corrected chi connectivity index (χ1v) is 18.8. The molecule has 7 aromatic carbocycles. The fourth-order valence-corrected chi connectivity index (χ4v) is 9.37. The third kappa shape index (κ3) is 5.27. The predicted molar refractivity (Wildman–Crippen MR) is 217 cm³/mol. The van der Waals surface area contributed by atoms with Crippen molar-refractivity contribution in [1.82, 2.24) is 15.0 Å². The van der Waals surface area contributed by atoms with E-state index in [1.165, 1.54) is 42.0 Å². The summed E-state index contributed by atoms with van der Waals surface area (Å²) in [5.41, 5.74) is 8.19. The van der Waals surface area contributed by atoms with Crippen LogP contribution in [0.1, 0.15) is 5.56 Å². The van der Waals surface area contributed by atoms with E-state index in [0.717, 1.165) is 43.3 Å². The van der Waals surface area contributed by atoms with Crippen LogP contribution < -0.4 is 0 Å². The van der Waals surface area contributed by atoms with Crippen molar-refractivity contribution < 1.29 is 4.42 Å². The zero-order chi connectivity index (χ0) is 34.6. The van der Waals surface area contributed by atoms with E-state index in [1.807, 2.05) is 66.4 Å². The van der Waals surface area contributed by atoms with E-state index in [4.69, 9.17) is 19.4 Å². The van der Waals surface area contributed by atoms with Gasteiger partial charge in [-0.1, -0.05) is 133 Å². The fraction of sp³-hybridized carbons (Fsp3) is 0.0217. The molecule has 10 aromatic rings. The molecule has 0 fully saturated rings. The van der Waals surface area contributed by atoms with Gasteiger partial charge in [0.2, 0.25) is 0 Å². The fourth-order valence-electron chi connectivity index (χ4n) is 6.98. The summed E-state index contributed by atoms with van der Waals surface area (Å²) >= 11 is 3.63. The second kappa shape index (κ2) is 12.6. The van der Waals surface area contributed by atoms with E-state index < -0.39 is 0 Å². The SMILES string of the molecule is Cc1ccccc1Sc1ccccc1-c1cccc2c1sc1c(-c3nc(-c4ccccc4)nc(-c4ccc5c(c4)oc4ccccc45)n3)cccc12. The van der Waals surface area contributed by atoms with Crippen molar-refractivity contribution in [3.05, 3.63) is 163 Å². The summed E-state index contributed by atoms with van der Waals surface area (Å²) in [5, 5.41) is 4.58. The monoisotopic (exact) mass is 703 g/mol. The molecule has 4 nitrogen and oxygen atoms in total. The van der Waals surface area contributed by atoms with Gasteiger partial charge in [-0.25, -0.2) is 15.0 Å². The molecule has 0 N–H and O–H groups in total. The average molecular weight is 704 g/mol. The molecule has 0 amide bonds. The molecule has 3 heterocycles. The summed E-state index contributed by atoms with van der Waals surface area (Å²) < 4.78 is 8.66. The van der Waals surface area contributed by atoms with E-state index >= 15 is 0 Å². The van der Waals surface area contributed by atoms with Crippen LogP contribution in [-0.2, 0) is 0 Å². The Labute approximate surface area is 308 Å². The van der Waals surface area contributed by atoms with Gasteiger partial charge in [0.15, 0.2) is 17.5 Å². The Hall–Kier alpha value is -6.08. The van der Waals surface area contributed by atoms with Crippen LogP contribution in [0.3, 0.4) is 0 Å². The molecular weight excluding hydrogens is 675 g/mol. The number of thiophene rings is 1. The number of aryl methyl sites for hydroxylation is 1. The van der Waals surface area contributed by atoms with Gasteiger partial charge in [-0.05, 0) is 54.4 Å². The third-order valence-electron chi connectivity index (χ3n) is 9.56. The molecule has 0 unspecified atom stereocenters. The van der Waals surface area contributed by atoms with Crippen molar-refractivity contribution >= 4 is 65.2 Å². The van der Waals surface area contributed by atoms with Crippen molar-refractivity contribution in [2.45, 2.75) is 16.7 Å². The topological polar surface area (TPSA) is 51.8 Å². The molecule has 52 heavy (non-hydrogen) atoms. The summed E-state index contributed by atoms with van der Waals surface area (Å²) in [6, 6.07) is 54.9. The first-order chi connectivity index (χ1) is 25.7. The highest BCUT2D eigenvalue weighted by Crippen LogP contribution is 2.46. The minimum absolute atomic E-state index is 0.604. The van der Waals surface area contributed by atoms with Crippen molar-refractivity contribution in [2.75, 3.05) is 0 Å². The summed E-state index contributed by atoms with van der Waals surface area (Å²) in [5.74, 6) is 1.88. The molecule has 10 rings (SSSR count). The Balaban J connectivity index is 1.15. The van der Waals surface area contributed by atoms with Gasteiger partial charge in [-0.15, -0.1) is 11.3 Å². The minimum atomic E-state index is 0.604. The zero-order valence-corrected chi connectivity index (χ0v) is 29.7. The normalized spacial score (nSPS) is 11.6. The minimum Gasteiger partial charge on any atom is -0.456 e. The molecule has 0 radical (unpaired) electrons. The molecule has 0 saturated heterocycles. The second-order valence-corrected chi connectivity index (χ2v) is 14.9. The first kappa shape index (κ1) is 30.7. The molecular formula is C46H29N3OS2. The number of rotatable bonds is 6. The number of hydrogen-bond donors (Lipinski definition) is 0. The molecule has 0 aliphatic heterocycles. The van der Waals surface area contributed by atoms with Crippen molar-refractivity contribution in [1.29, 1.82) is 0 Å². The lowest BCUT2D eigenvalue weighted by atomic mass is 10.0. The van der Waals surface area contributed by atoms with Crippen LogP contribution in [0.15, 0.2) is 172 Å². The van der Waals surface area contributed by atoms with E-state index in [0.29, 0.717) is 17.5 Å². The number of nitrogens with zero attached hydrogens (tertiary/aromatic N) is 3.